The maximum atomic E-state index is 11.2. The molecule has 25 heavy (non-hydrogen) atoms. The van der Waals surface area contributed by atoms with Crippen molar-refractivity contribution >= 4 is 17.5 Å². The molecule has 128 valence electrons. The Morgan fingerprint density at radius 1 is 1.04 bits per heavy atom. The number of nitrogens with zero attached hydrogens (tertiary/aromatic N) is 3. The van der Waals surface area contributed by atoms with Crippen molar-refractivity contribution in [2.75, 3.05) is 33.2 Å². The quantitative estimate of drug-likeness (QED) is 0.620. The molecule has 2 aromatic carbocycles. The van der Waals surface area contributed by atoms with Crippen molar-refractivity contribution in [2.45, 2.75) is 0 Å². The van der Waals surface area contributed by atoms with Crippen LogP contribution in [0.4, 0.5) is 5.69 Å². The molecule has 2 aromatic rings. The van der Waals surface area contributed by atoms with Gasteiger partial charge in [-0.1, -0.05) is 18.2 Å². The lowest BCUT2D eigenvalue weighted by Gasteiger charge is -2.35. The molecule has 2 heterocycles. The summed E-state index contributed by atoms with van der Waals surface area (Å²) in [6.07, 6.45) is 2.08. The van der Waals surface area contributed by atoms with Gasteiger partial charge in [0.25, 0.3) is 5.69 Å². The zero-order chi connectivity index (χ0) is 17.4. The van der Waals surface area contributed by atoms with Gasteiger partial charge in [-0.2, -0.15) is 0 Å². The molecule has 6 heteroatoms. The van der Waals surface area contributed by atoms with E-state index in [1.807, 2.05) is 24.3 Å². The van der Waals surface area contributed by atoms with Crippen LogP contribution in [0.2, 0.25) is 0 Å². The van der Waals surface area contributed by atoms with Crippen molar-refractivity contribution < 1.29 is 9.66 Å². The number of hydrogen-bond donors (Lipinski definition) is 0. The van der Waals surface area contributed by atoms with Crippen LogP contribution in [-0.4, -0.2) is 47.9 Å². The number of nitro groups is 1. The van der Waals surface area contributed by atoms with Crippen LogP contribution < -0.4 is 4.74 Å². The molecule has 0 N–H and O–H groups in total. The summed E-state index contributed by atoms with van der Waals surface area (Å²) in [5, 5.41) is 11.2. The second-order valence-electron chi connectivity index (χ2n) is 6.40. The predicted molar refractivity (Wildman–Crippen MR) is 96.6 cm³/mol. The van der Waals surface area contributed by atoms with Gasteiger partial charge in [0.2, 0.25) is 0 Å². The maximum Gasteiger partial charge on any atom is 0.270 e. The van der Waals surface area contributed by atoms with Gasteiger partial charge in [-0.3, -0.25) is 10.1 Å². The third-order valence-corrected chi connectivity index (χ3v) is 4.73. The van der Waals surface area contributed by atoms with Gasteiger partial charge in [-0.05, 0) is 25.3 Å². The molecular weight excluding hydrogens is 318 g/mol. The molecule has 0 atom stereocenters. The van der Waals surface area contributed by atoms with Crippen molar-refractivity contribution in [1.29, 1.82) is 0 Å². The first kappa shape index (κ1) is 15.7. The Morgan fingerprint density at radius 3 is 2.56 bits per heavy atom. The van der Waals surface area contributed by atoms with Gasteiger partial charge in [0.05, 0.1) is 4.92 Å². The number of benzene rings is 2. The van der Waals surface area contributed by atoms with Crippen LogP contribution in [0.1, 0.15) is 11.1 Å². The molecule has 6 nitrogen and oxygen atoms in total. The fourth-order valence-corrected chi connectivity index (χ4v) is 3.27. The Bertz CT molecular complexity index is 855. The Hall–Kier alpha value is -2.86. The second kappa shape index (κ2) is 6.22. The fraction of sp³-hybridized carbons (Fsp3) is 0.263. The molecule has 1 saturated heterocycles. The van der Waals surface area contributed by atoms with Crippen molar-refractivity contribution in [3.05, 3.63) is 63.7 Å². The number of hydrogen-bond acceptors (Lipinski definition) is 5. The number of piperazine rings is 1. The minimum Gasteiger partial charge on any atom is -0.456 e. The highest BCUT2D eigenvalue weighted by atomic mass is 16.6. The summed E-state index contributed by atoms with van der Waals surface area (Å²) in [6, 6.07) is 12.6. The van der Waals surface area contributed by atoms with Gasteiger partial charge in [-0.15, -0.1) is 0 Å². The molecule has 0 saturated carbocycles. The summed E-state index contributed by atoms with van der Waals surface area (Å²) >= 11 is 0. The van der Waals surface area contributed by atoms with E-state index in [-0.39, 0.29) is 10.6 Å². The SMILES string of the molecule is CN1CCN(C2=Cc3ccccc3Oc3ccc([N+](=O)[O-])cc32)CC1. The van der Waals surface area contributed by atoms with Crippen LogP contribution in [-0.2, 0) is 0 Å². The molecule has 0 aliphatic carbocycles. The van der Waals surface area contributed by atoms with E-state index < -0.39 is 0 Å². The molecule has 2 aliphatic rings. The van der Waals surface area contributed by atoms with E-state index in [4.69, 9.17) is 4.74 Å². The number of non-ortho nitro benzene ring substituents is 1. The number of ether oxygens (including phenoxy) is 1. The molecule has 0 bridgehead atoms. The summed E-state index contributed by atoms with van der Waals surface area (Å²) in [5.41, 5.74) is 2.82. The summed E-state index contributed by atoms with van der Waals surface area (Å²) < 4.78 is 6.07. The molecule has 0 radical (unpaired) electrons. The van der Waals surface area contributed by atoms with Crippen LogP contribution in [0, 0.1) is 10.1 Å². The first-order chi connectivity index (χ1) is 12.1. The van der Waals surface area contributed by atoms with Gasteiger partial charge in [0.1, 0.15) is 11.5 Å². The van der Waals surface area contributed by atoms with Gasteiger partial charge in [0, 0.05) is 55.1 Å². The molecule has 1 fully saturated rings. The Labute approximate surface area is 146 Å². The van der Waals surface area contributed by atoms with E-state index in [2.05, 4.69) is 22.9 Å². The van der Waals surface area contributed by atoms with E-state index >= 15 is 0 Å². The van der Waals surface area contributed by atoms with Gasteiger partial charge >= 0.3 is 0 Å². The number of fused-ring (bicyclic) bond motifs is 2. The first-order valence-electron chi connectivity index (χ1n) is 8.33. The summed E-state index contributed by atoms with van der Waals surface area (Å²) in [5.74, 6) is 1.42. The largest absolute Gasteiger partial charge is 0.456 e. The summed E-state index contributed by atoms with van der Waals surface area (Å²) in [7, 11) is 2.11. The Kier molecular flexibility index (Phi) is 3.89. The normalized spacial score (nSPS) is 17.0. The predicted octanol–water partition coefficient (Wildman–Crippen LogP) is 3.45. The van der Waals surface area contributed by atoms with E-state index in [1.165, 1.54) is 6.07 Å². The Balaban J connectivity index is 1.85. The van der Waals surface area contributed by atoms with Gasteiger partial charge in [0.15, 0.2) is 0 Å². The van der Waals surface area contributed by atoms with Gasteiger partial charge in [-0.25, -0.2) is 0 Å². The highest BCUT2D eigenvalue weighted by Gasteiger charge is 2.25. The second-order valence-corrected chi connectivity index (χ2v) is 6.40. The molecular formula is C19H19N3O3. The number of rotatable bonds is 2. The zero-order valence-electron chi connectivity index (χ0n) is 14.0. The lowest BCUT2D eigenvalue weighted by molar-refractivity contribution is -0.384. The van der Waals surface area contributed by atoms with Crippen LogP contribution in [0.3, 0.4) is 0 Å². The molecule has 0 aromatic heterocycles. The molecule has 0 spiro atoms. The van der Waals surface area contributed by atoms with Gasteiger partial charge < -0.3 is 14.5 Å². The number of likely N-dealkylation sites (N-methyl/N-ethyl adjacent to an activating group) is 1. The average Bonchev–Trinajstić information content (AvgIpc) is 2.78. The third kappa shape index (κ3) is 2.96. The van der Waals surface area contributed by atoms with Crippen LogP contribution in [0.25, 0.3) is 11.8 Å². The lowest BCUT2D eigenvalue weighted by atomic mass is 10.1. The fourth-order valence-electron chi connectivity index (χ4n) is 3.27. The third-order valence-electron chi connectivity index (χ3n) is 4.73. The maximum absolute atomic E-state index is 11.2. The minimum atomic E-state index is -0.361. The highest BCUT2D eigenvalue weighted by Crippen LogP contribution is 2.40. The Morgan fingerprint density at radius 2 is 1.80 bits per heavy atom. The lowest BCUT2D eigenvalue weighted by Crippen LogP contribution is -2.43. The van der Waals surface area contributed by atoms with Crippen molar-refractivity contribution in [3.8, 4) is 11.5 Å². The molecule has 0 unspecified atom stereocenters. The van der Waals surface area contributed by atoms with E-state index in [1.54, 1.807) is 12.1 Å². The number of para-hydroxylation sites is 1. The van der Waals surface area contributed by atoms with Crippen LogP contribution in [0.5, 0.6) is 11.5 Å². The summed E-state index contributed by atoms with van der Waals surface area (Å²) in [6.45, 7) is 3.69. The molecule has 4 rings (SSSR count). The topological polar surface area (TPSA) is 58.8 Å². The number of nitro benzene ring substituents is 1. The summed E-state index contributed by atoms with van der Waals surface area (Å²) in [4.78, 5) is 15.5. The average molecular weight is 337 g/mol. The smallest absolute Gasteiger partial charge is 0.270 e. The monoisotopic (exact) mass is 337 g/mol. The van der Waals surface area contributed by atoms with Crippen molar-refractivity contribution in [1.82, 2.24) is 9.80 Å². The first-order valence-corrected chi connectivity index (χ1v) is 8.33. The van der Waals surface area contributed by atoms with Crippen LogP contribution >= 0.6 is 0 Å². The zero-order valence-corrected chi connectivity index (χ0v) is 14.0. The van der Waals surface area contributed by atoms with E-state index in [9.17, 15) is 10.1 Å². The molecule has 0 amide bonds. The molecule has 2 aliphatic heterocycles. The van der Waals surface area contributed by atoms with Crippen molar-refractivity contribution in [2.24, 2.45) is 0 Å². The van der Waals surface area contributed by atoms with E-state index in [0.717, 1.165) is 48.8 Å². The van der Waals surface area contributed by atoms with Crippen LogP contribution in [0.15, 0.2) is 42.5 Å². The minimum absolute atomic E-state index is 0.0772. The highest BCUT2D eigenvalue weighted by molar-refractivity contribution is 5.87. The van der Waals surface area contributed by atoms with E-state index in [0.29, 0.717) is 5.75 Å². The van der Waals surface area contributed by atoms with Crippen molar-refractivity contribution in [3.63, 3.8) is 0 Å². The standard InChI is InChI=1S/C19H19N3O3/c1-20-8-10-21(11-9-20)17-12-14-4-2-3-5-18(14)25-19-7-6-15(22(23)24)13-16(17)19/h2-7,12-13H,8-11H2,1H3.